The van der Waals surface area contributed by atoms with Crippen molar-refractivity contribution in [3.8, 4) is 5.75 Å². The lowest BCUT2D eigenvalue weighted by molar-refractivity contribution is -0.125. The van der Waals surface area contributed by atoms with Crippen LogP contribution >= 0.6 is 0 Å². The largest absolute Gasteiger partial charge is 0.484 e. The van der Waals surface area contributed by atoms with Crippen LogP contribution in [0.3, 0.4) is 0 Å². The lowest BCUT2D eigenvalue weighted by atomic mass is 10.1. The third-order valence-corrected chi connectivity index (χ3v) is 3.18. The van der Waals surface area contributed by atoms with E-state index in [-0.39, 0.29) is 18.9 Å². The monoisotopic (exact) mass is 344 g/mol. The van der Waals surface area contributed by atoms with Crippen molar-refractivity contribution in [1.29, 1.82) is 0 Å². The van der Waals surface area contributed by atoms with Crippen LogP contribution in [0.15, 0.2) is 48.5 Å². The van der Waals surface area contributed by atoms with Crippen molar-refractivity contribution >= 4 is 23.3 Å². The van der Waals surface area contributed by atoms with E-state index in [1.54, 1.807) is 18.2 Å². The third-order valence-electron chi connectivity index (χ3n) is 3.18. The van der Waals surface area contributed by atoms with Gasteiger partial charge in [-0.25, -0.2) is 4.39 Å². The fourth-order valence-corrected chi connectivity index (χ4v) is 1.92. The zero-order valence-electron chi connectivity index (χ0n) is 13.5. The minimum absolute atomic E-state index is 0.104. The Kier molecular flexibility index (Phi) is 6.22. The van der Waals surface area contributed by atoms with Gasteiger partial charge in [-0.1, -0.05) is 12.1 Å². The van der Waals surface area contributed by atoms with Crippen LogP contribution in [0.1, 0.15) is 17.3 Å². The van der Waals surface area contributed by atoms with Gasteiger partial charge < -0.3 is 15.4 Å². The number of nitrogens with one attached hydrogen (secondary N) is 2. The van der Waals surface area contributed by atoms with Crippen molar-refractivity contribution in [2.24, 2.45) is 0 Å². The maximum atomic E-state index is 12.8. The van der Waals surface area contributed by atoms with Gasteiger partial charge in [0.1, 0.15) is 11.6 Å². The molecule has 0 heterocycles. The highest BCUT2D eigenvalue weighted by molar-refractivity contribution is 5.95. The van der Waals surface area contributed by atoms with Crippen molar-refractivity contribution in [3.05, 3.63) is 59.9 Å². The predicted molar refractivity (Wildman–Crippen MR) is 90.0 cm³/mol. The summed E-state index contributed by atoms with van der Waals surface area (Å²) in [6, 6.07) is 11.7. The molecule has 0 aliphatic carbocycles. The van der Waals surface area contributed by atoms with E-state index >= 15 is 0 Å². The van der Waals surface area contributed by atoms with Crippen LogP contribution in [-0.4, -0.2) is 30.7 Å². The second-order valence-electron chi connectivity index (χ2n) is 5.20. The summed E-state index contributed by atoms with van der Waals surface area (Å²) in [7, 11) is 0. The molecule has 2 aromatic carbocycles. The Morgan fingerprint density at radius 2 is 1.76 bits per heavy atom. The fraction of sp³-hybridized carbons (Fsp3) is 0.167. The summed E-state index contributed by atoms with van der Waals surface area (Å²) in [5.74, 6) is -1.05. The second kappa shape index (κ2) is 8.58. The van der Waals surface area contributed by atoms with Gasteiger partial charge in [-0.05, 0) is 43.3 Å². The first-order valence-electron chi connectivity index (χ1n) is 7.50. The Balaban J connectivity index is 1.75. The number of hydrogen-bond acceptors (Lipinski definition) is 4. The average molecular weight is 344 g/mol. The number of halogens is 1. The van der Waals surface area contributed by atoms with Crippen molar-refractivity contribution in [2.45, 2.75) is 6.92 Å². The molecule has 0 saturated heterocycles. The molecule has 0 atom stereocenters. The van der Waals surface area contributed by atoms with E-state index in [4.69, 9.17) is 4.74 Å². The molecule has 6 nitrogen and oxygen atoms in total. The topological polar surface area (TPSA) is 84.5 Å². The minimum atomic E-state index is -0.484. The highest BCUT2D eigenvalue weighted by atomic mass is 19.1. The predicted octanol–water partition coefficient (Wildman–Crippen LogP) is 2.16. The van der Waals surface area contributed by atoms with E-state index in [0.717, 1.165) is 0 Å². The summed E-state index contributed by atoms with van der Waals surface area (Å²) in [5.41, 5.74) is 0.912. The van der Waals surface area contributed by atoms with Gasteiger partial charge in [0.15, 0.2) is 12.4 Å². The number of amides is 2. The molecule has 2 aromatic rings. The molecule has 2 rings (SSSR count). The smallest absolute Gasteiger partial charge is 0.258 e. The quantitative estimate of drug-likeness (QED) is 0.754. The molecule has 0 saturated carbocycles. The fourth-order valence-electron chi connectivity index (χ4n) is 1.92. The number of ether oxygens (including phenoxy) is 1. The molecule has 25 heavy (non-hydrogen) atoms. The first-order valence-corrected chi connectivity index (χ1v) is 7.50. The van der Waals surface area contributed by atoms with E-state index < -0.39 is 17.6 Å². The number of Topliss-reactive ketones (excluding diaryl/α,β-unsaturated/α-hetero) is 1. The third kappa shape index (κ3) is 6.06. The summed E-state index contributed by atoms with van der Waals surface area (Å²) in [6.45, 7) is 0.907. The summed E-state index contributed by atoms with van der Waals surface area (Å²) < 4.78 is 18.1. The zero-order valence-corrected chi connectivity index (χ0v) is 13.5. The molecule has 0 spiro atoms. The maximum absolute atomic E-state index is 12.8. The van der Waals surface area contributed by atoms with Gasteiger partial charge in [0.25, 0.3) is 5.91 Å². The van der Waals surface area contributed by atoms with Crippen LogP contribution in [0.5, 0.6) is 5.75 Å². The molecule has 130 valence electrons. The second-order valence-corrected chi connectivity index (χ2v) is 5.20. The van der Waals surface area contributed by atoms with Gasteiger partial charge in [0.2, 0.25) is 5.91 Å². The maximum Gasteiger partial charge on any atom is 0.258 e. The molecule has 0 aliphatic rings. The summed E-state index contributed by atoms with van der Waals surface area (Å²) >= 11 is 0. The highest BCUT2D eigenvalue weighted by Crippen LogP contribution is 2.13. The van der Waals surface area contributed by atoms with E-state index in [0.29, 0.717) is 17.0 Å². The van der Waals surface area contributed by atoms with Crippen LogP contribution in [0.4, 0.5) is 10.1 Å². The standard InChI is InChI=1S/C18H17FN2O4/c1-12(22)13-3-2-4-16(9-13)25-11-18(24)20-10-17(23)21-15-7-5-14(19)6-8-15/h2-9H,10-11H2,1H3,(H,20,24)(H,21,23). The Hall–Kier alpha value is -3.22. The average Bonchev–Trinajstić information content (AvgIpc) is 2.60. The number of benzene rings is 2. The lowest BCUT2D eigenvalue weighted by Crippen LogP contribution is -2.35. The summed E-state index contributed by atoms with van der Waals surface area (Å²) in [4.78, 5) is 34.7. The molecule has 2 N–H and O–H groups in total. The molecular formula is C18H17FN2O4. The SMILES string of the molecule is CC(=O)c1cccc(OCC(=O)NCC(=O)Nc2ccc(F)cc2)c1. The van der Waals surface area contributed by atoms with Crippen molar-refractivity contribution < 1.29 is 23.5 Å². The van der Waals surface area contributed by atoms with Gasteiger partial charge in [0.05, 0.1) is 6.54 Å². The molecule has 0 unspecified atom stereocenters. The number of carbonyl (C=O) groups is 3. The molecule has 0 aliphatic heterocycles. The highest BCUT2D eigenvalue weighted by Gasteiger charge is 2.08. The van der Waals surface area contributed by atoms with E-state index in [1.807, 2.05) is 0 Å². The molecule has 0 bridgehead atoms. The zero-order chi connectivity index (χ0) is 18.2. The van der Waals surface area contributed by atoms with Gasteiger partial charge in [0, 0.05) is 11.3 Å². The van der Waals surface area contributed by atoms with Crippen molar-refractivity contribution in [3.63, 3.8) is 0 Å². The number of carbonyl (C=O) groups excluding carboxylic acids is 3. The Morgan fingerprint density at radius 1 is 1.04 bits per heavy atom. The Bertz CT molecular complexity index is 775. The van der Waals surface area contributed by atoms with Crippen LogP contribution < -0.4 is 15.4 Å². The van der Waals surface area contributed by atoms with Crippen molar-refractivity contribution in [1.82, 2.24) is 5.32 Å². The minimum Gasteiger partial charge on any atom is -0.484 e. The number of anilines is 1. The summed E-state index contributed by atoms with van der Waals surface area (Å²) in [6.07, 6.45) is 0. The Labute approximate surface area is 144 Å². The first kappa shape index (κ1) is 18.1. The van der Waals surface area contributed by atoms with Crippen LogP contribution in [0.2, 0.25) is 0 Å². The van der Waals surface area contributed by atoms with Gasteiger partial charge in [-0.15, -0.1) is 0 Å². The van der Waals surface area contributed by atoms with Gasteiger partial charge in [-0.2, -0.15) is 0 Å². The normalized spacial score (nSPS) is 10.0. The van der Waals surface area contributed by atoms with Crippen molar-refractivity contribution in [2.75, 3.05) is 18.5 Å². The van der Waals surface area contributed by atoms with Gasteiger partial charge >= 0.3 is 0 Å². The molecule has 0 radical (unpaired) electrons. The Morgan fingerprint density at radius 3 is 2.44 bits per heavy atom. The molecule has 7 heteroatoms. The van der Waals surface area contributed by atoms with E-state index in [2.05, 4.69) is 10.6 Å². The van der Waals surface area contributed by atoms with E-state index in [9.17, 15) is 18.8 Å². The van der Waals surface area contributed by atoms with E-state index in [1.165, 1.54) is 37.3 Å². The molecule has 0 aromatic heterocycles. The molecule has 0 fully saturated rings. The molecule has 2 amide bonds. The number of ketones is 1. The van der Waals surface area contributed by atoms with Gasteiger partial charge in [-0.3, -0.25) is 14.4 Å². The first-order chi connectivity index (χ1) is 11.9. The lowest BCUT2D eigenvalue weighted by Gasteiger charge is -2.09. The number of hydrogen-bond donors (Lipinski definition) is 2. The molecular weight excluding hydrogens is 327 g/mol. The van der Waals surface area contributed by atoms with Crippen LogP contribution in [-0.2, 0) is 9.59 Å². The van der Waals surface area contributed by atoms with Crippen LogP contribution in [0, 0.1) is 5.82 Å². The summed E-state index contributed by atoms with van der Waals surface area (Å²) in [5, 5.41) is 4.92. The number of rotatable bonds is 7. The van der Waals surface area contributed by atoms with Crippen LogP contribution in [0.25, 0.3) is 0 Å².